The molecule has 2 rings (SSSR count). The Kier molecular flexibility index (Phi) is 7.56. The molecule has 138 valence electrons. The summed E-state index contributed by atoms with van der Waals surface area (Å²) in [7, 11) is 0. The molecule has 1 aromatic rings. The van der Waals surface area contributed by atoms with Crippen LogP contribution in [0.25, 0.3) is 0 Å². The number of hydrogen-bond donors (Lipinski definition) is 0. The van der Waals surface area contributed by atoms with Crippen molar-refractivity contribution in [1.29, 1.82) is 0 Å². The molecule has 1 aliphatic rings. The predicted molar refractivity (Wildman–Crippen MR) is 99.2 cm³/mol. The lowest BCUT2D eigenvalue weighted by Gasteiger charge is -2.22. The first-order valence-electron chi connectivity index (χ1n) is 9.06. The highest BCUT2D eigenvalue weighted by atomic mass is 35.5. The number of nitrogens with zero attached hydrogens (tertiary/aromatic N) is 2. The minimum absolute atomic E-state index is 0.0483. The lowest BCUT2D eigenvalue weighted by atomic mass is 10.2. The zero-order valence-corrected chi connectivity index (χ0v) is 15.8. The molecule has 2 amide bonds. The van der Waals surface area contributed by atoms with Crippen LogP contribution in [0.3, 0.4) is 0 Å². The van der Waals surface area contributed by atoms with Crippen LogP contribution < -0.4 is 4.74 Å². The van der Waals surface area contributed by atoms with Gasteiger partial charge in [-0.3, -0.25) is 9.59 Å². The minimum atomic E-state index is -0.0483. The highest BCUT2D eigenvalue weighted by Crippen LogP contribution is 2.26. The Bertz CT molecular complexity index is 606. The molecule has 1 aromatic carbocycles. The average Bonchev–Trinajstić information content (AvgIpc) is 2.87. The van der Waals surface area contributed by atoms with Gasteiger partial charge in [0.25, 0.3) is 5.91 Å². The summed E-state index contributed by atoms with van der Waals surface area (Å²) in [5.41, 5.74) is 0.555. The number of carbonyl (C=O) groups is 2. The molecule has 0 aliphatic carbocycles. The van der Waals surface area contributed by atoms with Crippen LogP contribution in [0, 0.1) is 0 Å². The van der Waals surface area contributed by atoms with E-state index in [0.29, 0.717) is 49.0 Å². The van der Waals surface area contributed by atoms with Crippen LogP contribution in [0.2, 0.25) is 5.02 Å². The van der Waals surface area contributed by atoms with E-state index in [-0.39, 0.29) is 11.8 Å². The van der Waals surface area contributed by atoms with Gasteiger partial charge in [0.1, 0.15) is 5.75 Å². The number of amides is 2. The molecule has 0 N–H and O–H groups in total. The van der Waals surface area contributed by atoms with Crippen molar-refractivity contribution in [2.75, 3.05) is 32.8 Å². The van der Waals surface area contributed by atoms with Gasteiger partial charge in [0.15, 0.2) is 0 Å². The summed E-state index contributed by atoms with van der Waals surface area (Å²) < 4.78 is 5.41. The van der Waals surface area contributed by atoms with Gasteiger partial charge in [-0.1, -0.05) is 24.9 Å². The summed E-state index contributed by atoms with van der Waals surface area (Å²) in [6.07, 6.45) is 3.33. The van der Waals surface area contributed by atoms with Gasteiger partial charge >= 0.3 is 0 Å². The molecule has 1 heterocycles. The number of ether oxygens (including phenoxy) is 1. The molecular formula is C19H27ClN2O3. The Balaban J connectivity index is 1.98. The van der Waals surface area contributed by atoms with Gasteiger partial charge in [-0.15, -0.1) is 0 Å². The molecule has 0 unspecified atom stereocenters. The Hall–Kier alpha value is -1.75. The van der Waals surface area contributed by atoms with Crippen LogP contribution in [0.15, 0.2) is 18.2 Å². The van der Waals surface area contributed by atoms with Crippen LogP contribution in [0.1, 0.15) is 49.9 Å². The van der Waals surface area contributed by atoms with E-state index in [1.165, 1.54) is 0 Å². The van der Waals surface area contributed by atoms with Gasteiger partial charge in [0.05, 0.1) is 11.6 Å². The highest BCUT2D eigenvalue weighted by molar-refractivity contribution is 6.32. The third kappa shape index (κ3) is 5.36. The summed E-state index contributed by atoms with van der Waals surface area (Å²) in [5, 5.41) is 0.443. The number of halogens is 1. The summed E-state index contributed by atoms with van der Waals surface area (Å²) in [6, 6.07) is 5.13. The second kappa shape index (κ2) is 9.66. The number of rotatable bonds is 6. The summed E-state index contributed by atoms with van der Waals surface area (Å²) in [4.78, 5) is 28.6. The molecule has 0 saturated carbocycles. The van der Waals surface area contributed by atoms with E-state index in [1.807, 2.05) is 11.8 Å². The van der Waals surface area contributed by atoms with Gasteiger partial charge in [-0.05, 0) is 38.0 Å². The van der Waals surface area contributed by atoms with Gasteiger partial charge in [-0.25, -0.2) is 0 Å². The van der Waals surface area contributed by atoms with Crippen molar-refractivity contribution in [3.8, 4) is 5.75 Å². The van der Waals surface area contributed by atoms with Crippen molar-refractivity contribution in [1.82, 2.24) is 9.80 Å². The summed E-state index contributed by atoms with van der Waals surface area (Å²) >= 11 is 6.19. The third-order valence-electron chi connectivity index (χ3n) is 4.36. The van der Waals surface area contributed by atoms with E-state index in [9.17, 15) is 9.59 Å². The van der Waals surface area contributed by atoms with E-state index in [2.05, 4.69) is 6.92 Å². The Morgan fingerprint density at radius 2 is 1.84 bits per heavy atom. The van der Waals surface area contributed by atoms with Crippen molar-refractivity contribution >= 4 is 23.4 Å². The molecule has 1 saturated heterocycles. The Morgan fingerprint density at radius 3 is 2.52 bits per heavy atom. The van der Waals surface area contributed by atoms with Crippen molar-refractivity contribution < 1.29 is 14.3 Å². The average molecular weight is 367 g/mol. The molecule has 0 atom stereocenters. The third-order valence-corrected chi connectivity index (χ3v) is 4.65. The number of unbranched alkanes of at least 4 members (excludes halogenated alkanes) is 1. The van der Waals surface area contributed by atoms with Crippen LogP contribution in [0.5, 0.6) is 5.75 Å². The molecule has 0 aromatic heterocycles. The second-order valence-electron chi connectivity index (χ2n) is 6.21. The molecule has 5 nitrogen and oxygen atoms in total. The topological polar surface area (TPSA) is 49.9 Å². The van der Waals surface area contributed by atoms with Crippen molar-refractivity contribution in [2.45, 2.75) is 39.5 Å². The molecule has 1 aliphatic heterocycles. The largest absolute Gasteiger partial charge is 0.492 e. The van der Waals surface area contributed by atoms with E-state index in [4.69, 9.17) is 16.3 Å². The second-order valence-corrected chi connectivity index (χ2v) is 6.62. The van der Waals surface area contributed by atoms with Crippen molar-refractivity contribution in [2.24, 2.45) is 0 Å². The maximum atomic E-state index is 12.7. The first-order valence-corrected chi connectivity index (χ1v) is 9.44. The van der Waals surface area contributed by atoms with E-state index in [1.54, 1.807) is 23.1 Å². The van der Waals surface area contributed by atoms with E-state index >= 15 is 0 Å². The van der Waals surface area contributed by atoms with Gasteiger partial charge in [0.2, 0.25) is 5.91 Å². The van der Waals surface area contributed by atoms with Gasteiger partial charge < -0.3 is 14.5 Å². The molecular weight excluding hydrogens is 340 g/mol. The monoisotopic (exact) mass is 366 g/mol. The first kappa shape index (κ1) is 19.6. The highest BCUT2D eigenvalue weighted by Gasteiger charge is 2.23. The molecule has 0 bridgehead atoms. The standard InChI is InChI=1S/C19H27ClN2O3/c1-3-5-7-18(23)21-10-6-11-22(13-12-21)19(24)15-8-9-17(25-4-2)16(20)14-15/h8-9,14H,3-7,10-13H2,1-2H3. The first-order chi connectivity index (χ1) is 12.1. The lowest BCUT2D eigenvalue weighted by molar-refractivity contribution is -0.131. The van der Waals surface area contributed by atoms with Crippen molar-refractivity contribution in [3.05, 3.63) is 28.8 Å². The van der Waals surface area contributed by atoms with Crippen LogP contribution in [-0.2, 0) is 4.79 Å². The fourth-order valence-electron chi connectivity index (χ4n) is 2.95. The maximum Gasteiger partial charge on any atom is 0.253 e. The lowest BCUT2D eigenvalue weighted by Crippen LogP contribution is -2.37. The van der Waals surface area contributed by atoms with Crippen molar-refractivity contribution in [3.63, 3.8) is 0 Å². The molecule has 1 fully saturated rings. The smallest absolute Gasteiger partial charge is 0.253 e. The van der Waals surface area contributed by atoms with Crippen LogP contribution >= 0.6 is 11.6 Å². The molecule has 6 heteroatoms. The molecule has 25 heavy (non-hydrogen) atoms. The zero-order valence-electron chi connectivity index (χ0n) is 15.1. The molecule has 0 radical (unpaired) electrons. The fraction of sp³-hybridized carbons (Fsp3) is 0.579. The number of hydrogen-bond acceptors (Lipinski definition) is 3. The van der Waals surface area contributed by atoms with Gasteiger partial charge in [0, 0.05) is 38.2 Å². The SMILES string of the molecule is CCCCC(=O)N1CCCN(C(=O)c2ccc(OCC)c(Cl)c2)CC1. The normalized spacial score (nSPS) is 15.0. The Morgan fingerprint density at radius 1 is 1.12 bits per heavy atom. The quantitative estimate of drug-likeness (QED) is 0.772. The van der Waals surface area contributed by atoms with Crippen LogP contribution in [0.4, 0.5) is 0 Å². The predicted octanol–water partition coefficient (Wildman–Crippen LogP) is 3.60. The van der Waals surface area contributed by atoms with E-state index in [0.717, 1.165) is 25.8 Å². The fourth-order valence-corrected chi connectivity index (χ4v) is 3.18. The van der Waals surface area contributed by atoms with Crippen LogP contribution in [-0.4, -0.2) is 54.4 Å². The zero-order chi connectivity index (χ0) is 18.2. The summed E-state index contributed by atoms with van der Waals surface area (Å²) in [6.45, 7) is 7.03. The number of benzene rings is 1. The van der Waals surface area contributed by atoms with E-state index < -0.39 is 0 Å². The number of carbonyl (C=O) groups excluding carboxylic acids is 2. The van der Waals surface area contributed by atoms with Gasteiger partial charge in [-0.2, -0.15) is 0 Å². The Labute approximate surface area is 154 Å². The maximum absolute atomic E-state index is 12.7. The molecule has 0 spiro atoms. The minimum Gasteiger partial charge on any atom is -0.492 e. The summed E-state index contributed by atoms with van der Waals surface area (Å²) in [5.74, 6) is 0.734.